The Morgan fingerprint density at radius 2 is 2.12 bits per heavy atom. The topological polar surface area (TPSA) is 48.0 Å². The molecule has 24 heavy (non-hydrogen) atoms. The Morgan fingerprint density at radius 1 is 1.33 bits per heavy atom. The number of ether oxygens (including phenoxy) is 3. The lowest BCUT2D eigenvalue weighted by atomic mass is 10.0. The second kappa shape index (κ2) is 9.64. The summed E-state index contributed by atoms with van der Waals surface area (Å²) in [5.74, 6) is 0.960. The van der Waals surface area contributed by atoms with Crippen molar-refractivity contribution in [2.45, 2.75) is 45.3 Å². The average Bonchev–Trinajstić information content (AvgIpc) is 3.06. The highest BCUT2D eigenvalue weighted by Crippen LogP contribution is 2.26. The number of methoxy groups -OCH3 is 1. The summed E-state index contributed by atoms with van der Waals surface area (Å²) in [6, 6.07) is 8.23. The van der Waals surface area contributed by atoms with E-state index in [4.69, 9.17) is 14.2 Å². The number of hydrogen-bond donors (Lipinski definition) is 0. The lowest BCUT2D eigenvalue weighted by Gasteiger charge is -2.28. The van der Waals surface area contributed by atoms with E-state index < -0.39 is 6.10 Å². The Bertz CT molecular complexity index is 520. The molecule has 5 nitrogen and oxygen atoms in total. The molecular weight excluding hydrogens is 306 g/mol. The molecule has 1 saturated heterocycles. The lowest BCUT2D eigenvalue weighted by molar-refractivity contribution is -0.144. The van der Waals surface area contributed by atoms with E-state index in [1.165, 1.54) is 0 Å². The maximum Gasteiger partial charge on any atom is 0.251 e. The third-order valence-electron chi connectivity index (χ3n) is 4.46. The number of para-hydroxylation sites is 1. The van der Waals surface area contributed by atoms with Gasteiger partial charge in [0.05, 0.1) is 20.3 Å². The predicted molar refractivity (Wildman–Crippen MR) is 93.3 cm³/mol. The monoisotopic (exact) mass is 335 g/mol. The van der Waals surface area contributed by atoms with E-state index in [-0.39, 0.29) is 11.9 Å². The van der Waals surface area contributed by atoms with Crippen molar-refractivity contribution in [1.29, 1.82) is 0 Å². The summed E-state index contributed by atoms with van der Waals surface area (Å²) in [6.45, 7) is 6.22. The van der Waals surface area contributed by atoms with Crippen molar-refractivity contribution < 1.29 is 19.0 Å². The molecule has 2 rings (SSSR count). The van der Waals surface area contributed by atoms with E-state index >= 15 is 0 Å². The van der Waals surface area contributed by atoms with E-state index in [2.05, 4.69) is 6.07 Å². The van der Waals surface area contributed by atoms with Crippen molar-refractivity contribution in [3.05, 3.63) is 29.8 Å². The van der Waals surface area contributed by atoms with Gasteiger partial charge in [-0.3, -0.25) is 4.79 Å². The Kier molecular flexibility index (Phi) is 7.53. The molecular formula is C19H29NO4. The zero-order chi connectivity index (χ0) is 17.4. The number of nitrogens with zero attached hydrogens (tertiary/aromatic N) is 1. The summed E-state index contributed by atoms with van der Waals surface area (Å²) >= 11 is 0. The minimum Gasteiger partial charge on any atom is -0.496 e. The van der Waals surface area contributed by atoms with Crippen molar-refractivity contribution in [1.82, 2.24) is 4.90 Å². The van der Waals surface area contributed by atoms with Crippen LogP contribution in [0, 0.1) is 0 Å². The molecule has 0 bridgehead atoms. The summed E-state index contributed by atoms with van der Waals surface area (Å²) < 4.78 is 16.3. The molecule has 1 heterocycles. The van der Waals surface area contributed by atoms with Gasteiger partial charge in [-0.25, -0.2) is 0 Å². The molecule has 2 atom stereocenters. The summed E-state index contributed by atoms with van der Waals surface area (Å²) in [6.07, 6.45) is 2.46. The smallest absolute Gasteiger partial charge is 0.251 e. The third-order valence-corrected chi connectivity index (χ3v) is 4.46. The minimum absolute atomic E-state index is 0.0731. The molecule has 1 amide bonds. The molecule has 1 aromatic rings. The summed E-state index contributed by atoms with van der Waals surface area (Å²) in [5.41, 5.74) is 1.15. The van der Waals surface area contributed by atoms with Gasteiger partial charge in [0.2, 0.25) is 0 Å². The van der Waals surface area contributed by atoms with Gasteiger partial charge in [0.15, 0.2) is 0 Å². The highest BCUT2D eigenvalue weighted by molar-refractivity contribution is 5.81. The van der Waals surface area contributed by atoms with Crippen LogP contribution in [0.1, 0.15) is 32.3 Å². The summed E-state index contributed by atoms with van der Waals surface area (Å²) in [5, 5.41) is 0. The van der Waals surface area contributed by atoms with Crippen molar-refractivity contribution in [2.24, 2.45) is 0 Å². The number of rotatable bonds is 9. The van der Waals surface area contributed by atoms with Crippen LogP contribution in [0.2, 0.25) is 0 Å². The van der Waals surface area contributed by atoms with Gasteiger partial charge in [-0.1, -0.05) is 18.2 Å². The Balaban J connectivity index is 1.93. The van der Waals surface area contributed by atoms with E-state index in [0.717, 1.165) is 37.1 Å². The van der Waals surface area contributed by atoms with Crippen LogP contribution >= 0.6 is 0 Å². The van der Waals surface area contributed by atoms with Crippen LogP contribution in [0.15, 0.2) is 24.3 Å². The van der Waals surface area contributed by atoms with Gasteiger partial charge >= 0.3 is 0 Å². The fourth-order valence-corrected chi connectivity index (χ4v) is 3.20. The molecule has 0 unspecified atom stereocenters. The Labute approximate surface area is 144 Å². The SMILES string of the molecule is CCOCCO[C@@H](C)C(=O)N1CCC[C@H]1Cc1ccccc1OC. The second-order valence-electron chi connectivity index (χ2n) is 6.05. The molecule has 1 fully saturated rings. The zero-order valence-corrected chi connectivity index (χ0v) is 15.0. The van der Waals surface area contributed by atoms with Crippen molar-refractivity contribution in [3.63, 3.8) is 0 Å². The zero-order valence-electron chi connectivity index (χ0n) is 15.0. The van der Waals surface area contributed by atoms with Gasteiger partial charge in [-0.2, -0.15) is 0 Å². The number of benzene rings is 1. The molecule has 0 radical (unpaired) electrons. The van der Waals surface area contributed by atoms with Crippen LogP contribution in [0.5, 0.6) is 5.75 Å². The Morgan fingerprint density at radius 3 is 2.88 bits per heavy atom. The van der Waals surface area contributed by atoms with Gasteiger partial charge in [0, 0.05) is 19.2 Å². The van der Waals surface area contributed by atoms with E-state index in [1.54, 1.807) is 7.11 Å². The number of carbonyl (C=O) groups is 1. The highest BCUT2D eigenvalue weighted by atomic mass is 16.5. The van der Waals surface area contributed by atoms with Crippen LogP contribution in [-0.4, -0.2) is 56.4 Å². The molecule has 5 heteroatoms. The number of carbonyl (C=O) groups excluding carboxylic acids is 1. The van der Waals surface area contributed by atoms with Crippen molar-refractivity contribution in [3.8, 4) is 5.75 Å². The first-order valence-electron chi connectivity index (χ1n) is 8.79. The van der Waals surface area contributed by atoms with Gasteiger partial charge in [0.1, 0.15) is 11.9 Å². The van der Waals surface area contributed by atoms with Crippen LogP contribution in [0.3, 0.4) is 0 Å². The molecule has 1 aliphatic rings. The fraction of sp³-hybridized carbons (Fsp3) is 0.632. The quantitative estimate of drug-likeness (QED) is 0.651. The van der Waals surface area contributed by atoms with Gasteiger partial charge in [-0.15, -0.1) is 0 Å². The second-order valence-corrected chi connectivity index (χ2v) is 6.05. The van der Waals surface area contributed by atoms with Crippen LogP contribution in [0.25, 0.3) is 0 Å². The first-order chi connectivity index (χ1) is 11.7. The molecule has 1 aliphatic heterocycles. The normalized spacial score (nSPS) is 18.6. The maximum absolute atomic E-state index is 12.7. The standard InChI is InChI=1S/C19H29NO4/c1-4-23-12-13-24-15(2)19(21)20-11-7-9-17(20)14-16-8-5-6-10-18(16)22-3/h5-6,8,10,15,17H,4,7,9,11-14H2,1-3H3/t15-,17-/m0/s1. The van der Waals surface area contributed by atoms with Crippen molar-refractivity contribution >= 4 is 5.91 Å². The van der Waals surface area contributed by atoms with Crippen LogP contribution in [0.4, 0.5) is 0 Å². The largest absolute Gasteiger partial charge is 0.496 e. The van der Waals surface area contributed by atoms with Gasteiger partial charge in [0.25, 0.3) is 5.91 Å². The number of likely N-dealkylation sites (tertiary alicyclic amines) is 1. The lowest BCUT2D eigenvalue weighted by Crippen LogP contribution is -2.43. The predicted octanol–water partition coefficient (Wildman–Crippen LogP) is 2.67. The third kappa shape index (κ3) is 4.95. The van der Waals surface area contributed by atoms with Gasteiger partial charge in [-0.05, 0) is 44.7 Å². The fourth-order valence-electron chi connectivity index (χ4n) is 3.20. The van der Waals surface area contributed by atoms with E-state index in [0.29, 0.717) is 19.8 Å². The maximum atomic E-state index is 12.7. The molecule has 1 aromatic carbocycles. The van der Waals surface area contributed by atoms with Crippen LogP contribution in [-0.2, 0) is 20.7 Å². The molecule has 0 saturated carbocycles. The molecule has 0 spiro atoms. The first kappa shape index (κ1) is 18.7. The number of hydrogen-bond acceptors (Lipinski definition) is 4. The summed E-state index contributed by atoms with van der Waals surface area (Å²) in [7, 11) is 1.69. The minimum atomic E-state index is -0.427. The Hall–Kier alpha value is -1.59. The van der Waals surface area contributed by atoms with Crippen LogP contribution < -0.4 is 4.74 Å². The highest BCUT2D eigenvalue weighted by Gasteiger charge is 2.32. The number of amides is 1. The molecule has 0 aromatic heterocycles. The van der Waals surface area contributed by atoms with E-state index in [9.17, 15) is 4.79 Å². The van der Waals surface area contributed by atoms with E-state index in [1.807, 2.05) is 36.9 Å². The first-order valence-corrected chi connectivity index (χ1v) is 8.79. The molecule has 0 N–H and O–H groups in total. The van der Waals surface area contributed by atoms with Crippen molar-refractivity contribution in [2.75, 3.05) is 33.5 Å². The summed E-state index contributed by atoms with van der Waals surface area (Å²) in [4.78, 5) is 14.7. The van der Waals surface area contributed by atoms with Gasteiger partial charge < -0.3 is 19.1 Å². The average molecular weight is 335 g/mol. The molecule has 0 aliphatic carbocycles. The molecule has 134 valence electrons.